The zero-order valence-corrected chi connectivity index (χ0v) is 7.09. The summed E-state index contributed by atoms with van der Waals surface area (Å²) in [5.74, 6) is 0.613. The lowest BCUT2D eigenvalue weighted by Crippen LogP contribution is -2.02. The standard InChI is InChI=1S/C10H13N/c1-7(2)10-6-8-4-3-5-9(8)11-10/h4-5,7H,3,6H2,1-2H3. The minimum Gasteiger partial charge on any atom is -0.257 e. The van der Waals surface area contributed by atoms with Crippen molar-refractivity contribution in [3.63, 3.8) is 0 Å². The lowest BCUT2D eigenvalue weighted by Gasteiger charge is -2.01. The van der Waals surface area contributed by atoms with E-state index in [1.54, 1.807) is 0 Å². The van der Waals surface area contributed by atoms with Crippen molar-refractivity contribution in [3.05, 3.63) is 23.4 Å². The Balaban J connectivity index is 2.26. The second kappa shape index (κ2) is 2.33. The Morgan fingerprint density at radius 3 is 2.82 bits per heavy atom. The first-order valence-corrected chi connectivity index (χ1v) is 4.24. The van der Waals surface area contributed by atoms with Crippen molar-refractivity contribution < 1.29 is 0 Å². The number of allylic oxidation sites excluding steroid dienone is 3. The molecule has 2 aliphatic rings. The fraction of sp³-hybridized carbons (Fsp3) is 0.500. The summed E-state index contributed by atoms with van der Waals surface area (Å²) in [6.45, 7) is 4.42. The Hall–Kier alpha value is -0.850. The van der Waals surface area contributed by atoms with Crippen LogP contribution in [-0.2, 0) is 0 Å². The zero-order valence-electron chi connectivity index (χ0n) is 7.09. The number of hydrogen-bond acceptors (Lipinski definition) is 1. The molecule has 0 atom stereocenters. The van der Waals surface area contributed by atoms with E-state index in [-0.39, 0.29) is 0 Å². The maximum absolute atomic E-state index is 4.56. The number of fused-ring (bicyclic) bond motifs is 1. The van der Waals surface area contributed by atoms with Gasteiger partial charge in [-0.05, 0) is 17.9 Å². The molecule has 0 saturated carbocycles. The van der Waals surface area contributed by atoms with Crippen molar-refractivity contribution >= 4 is 5.71 Å². The number of nitrogens with zero attached hydrogens (tertiary/aromatic N) is 1. The molecule has 0 bridgehead atoms. The van der Waals surface area contributed by atoms with Gasteiger partial charge in [0.05, 0.1) is 5.70 Å². The highest BCUT2D eigenvalue weighted by atomic mass is 14.8. The third kappa shape index (κ3) is 1.05. The van der Waals surface area contributed by atoms with E-state index >= 15 is 0 Å². The van der Waals surface area contributed by atoms with Gasteiger partial charge in [-0.2, -0.15) is 0 Å². The largest absolute Gasteiger partial charge is 0.257 e. The maximum Gasteiger partial charge on any atom is 0.0625 e. The van der Waals surface area contributed by atoms with Gasteiger partial charge in [0.2, 0.25) is 0 Å². The monoisotopic (exact) mass is 147 g/mol. The topological polar surface area (TPSA) is 12.4 Å². The third-order valence-electron chi connectivity index (χ3n) is 2.31. The Labute approximate surface area is 67.5 Å². The molecule has 58 valence electrons. The molecule has 11 heavy (non-hydrogen) atoms. The molecule has 1 heterocycles. The smallest absolute Gasteiger partial charge is 0.0625 e. The molecule has 2 rings (SSSR count). The van der Waals surface area contributed by atoms with Crippen LogP contribution in [0.5, 0.6) is 0 Å². The van der Waals surface area contributed by atoms with Gasteiger partial charge in [0.1, 0.15) is 0 Å². The minimum atomic E-state index is 0.613. The molecule has 0 spiro atoms. The SMILES string of the molecule is CC(C)C1=NC2=CCC=C2C1. The van der Waals surface area contributed by atoms with Crippen LogP contribution >= 0.6 is 0 Å². The maximum atomic E-state index is 4.56. The first-order chi connectivity index (χ1) is 5.27. The minimum absolute atomic E-state index is 0.613. The molecule has 1 aliphatic heterocycles. The van der Waals surface area contributed by atoms with Gasteiger partial charge in [-0.3, -0.25) is 4.99 Å². The van der Waals surface area contributed by atoms with Gasteiger partial charge < -0.3 is 0 Å². The number of aliphatic imine (C=N–C) groups is 1. The van der Waals surface area contributed by atoms with E-state index in [2.05, 4.69) is 31.0 Å². The summed E-state index contributed by atoms with van der Waals surface area (Å²) in [6, 6.07) is 0. The number of hydrogen-bond donors (Lipinski definition) is 0. The summed E-state index contributed by atoms with van der Waals surface area (Å²) in [5.41, 5.74) is 4.05. The second-order valence-corrected chi connectivity index (χ2v) is 3.49. The summed E-state index contributed by atoms with van der Waals surface area (Å²) in [7, 11) is 0. The van der Waals surface area contributed by atoms with E-state index in [9.17, 15) is 0 Å². The summed E-state index contributed by atoms with van der Waals surface area (Å²) in [4.78, 5) is 4.56. The predicted octanol–water partition coefficient (Wildman–Crippen LogP) is 2.70. The molecule has 0 radical (unpaired) electrons. The van der Waals surface area contributed by atoms with Gasteiger partial charge in [-0.15, -0.1) is 0 Å². The summed E-state index contributed by atoms with van der Waals surface area (Å²) < 4.78 is 0. The average molecular weight is 147 g/mol. The van der Waals surface area contributed by atoms with E-state index < -0.39 is 0 Å². The molecule has 1 nitrogen and oxygen atoms in total. The lowest BCUT2D eigenvalue weighted by atomic mass is 10.0. The molecule has 0 amide bonds. The molecular formula is C10H13N. The Bertz CT molecular complexity index is 267. The van der Waals surface area contributed by atoms with Crippen molar-refractivity contribution in [1.82, 2.24) is 0 Å². The highest BCUT2D eigenvalue weighted by Crippen LogP contribution is 2.31. The van der Waals surface area contributed by atoms with E-state index in [1.807, 2.05) is 0 Å². The number of rotatable bonds is 1. The summed E-state index contributed by atoms with van der Waals surface area (Å²) in [5, 5.41) is 0. The molecule has 0 aromatic carbocycles. The molecule has 0 saturated heterocycles. The second-order valence-electron chi connectivity index (χ2n) is 3.49. The Morgan fingerprint density at radius 2 is 2.18 bits per heavy atom. The first kappa shape index (κ1) is 6.84. The van der Waals surface area contributed by atoms with Gasteiger partial charge in [-0.1, -0.05) is 26.0 Å². The van der Waals surface area contributed by atoms with Crippen LogP contribution in [0.2, 0.25) is 0 Å². The molecule has 0 aromatic rings. The highest BCUT2D eigenvalue weighted by molar-refractivity contribution is 5.93. The third-order valence-corrected chi connectivity index (χ3v) is 2.31. The normalized spacial score (nSPS) is 21.5. The van der Waals surface area contributed by atoms with Crippen LogP contribution in [0, 0.1) is 5.92 Å². The molecular weight excluding hydrogens is 134 g/mol. The van der Waals surface area contributed by atoms with E-state index in [1.165, 1.54) is 17.0 Å². The van der Waals surface area contributed by atoms with Gasteiger partial charge in [-0.25, -0.2) is 0 Å². The molecule has 0 aromatic heterocycles. The van der Waals surface area contributed by atoms with E-state index in [0.717, 1.165) is 12.8 Å². The van der Waals surface area contributed by atoms with Crippen molar-refractivity contribution in [2.24, 2.45) is 10.9 Å². The van der Waals surface area contributed by atoms with Gasteiger partial charge in [0.15, 0.2) is 0 Å². The fourth-order valence-electron chi connectivity index (χ4n) is 1.55. The molecule has 0 unspecified atom stereocenters. The molecule has 1 aliphatic carbocycles. The van der Waals surface area contributed by atoms with E-state index in [4.69, 9.17) is 0 Å². The fourth-order valence-corrected chi connectivity index (χ4v) is 1.55. The zero-order chi connectivity index (χ0) is 7.84. The van der Waals surface area contributed by atoms with Crippen molar-refractivity contribution in [2.75, 3.05) is 0 Å². The first-order valence-electron chi connectivity index (χ1n) is 4.24. The van der Waals surface area contributed by atoms with Crippen molar-refractivity contribution in [3.8, 4) is 0 Å². The van der Waals surface area contributed by atoms with Gasteiger partial charge in [0.25, 0.3) is 0 Å². The van der Waals surface area contributed by atoms with Crippen LogP contribution in [0.25, 0.3) is 0 Å². The van der Waals surface area contributed by atoms with Gasteiger partial charge >= 0.3 is 0 Å². The Kier molecular flexibility index (Phi) is 1.45. The van der Waals surface area contributed by atoms with Crippen LogP contribution in [-0.4, -0.2) is 5.71 Å². The van der Waals surface area contributed by atoms with Gasteiger partial charge in [0, 0.05) is 12.1 Å². The molecule has 1 heteroatoms. The molecule has 0 fully saturated rings. The van der Waals surface area contributed by atoms with Crippen molar-refractivity contribution in [1.29, 1.82) is 0 Å². The van der Waals surface area contributed by atoms with Crippen LogP contribution in [0.4, 0.5) is 0 Å². The van der Waals surface area contributed by atoms with E-state index in [0.29, 0.717) is 5.92 Å². The highest BCUT2D eigenvalue weighted by Gasteiger charge is 2.20. The van der Waals surface area contributed by atoms with Crippen LogP contribution in [0.1, 0.15) is 26.7 Å². The van der Waals surface area contributed by atoms with Crippen molar-refractivity contribution in [2.45, 2.75) is 26.7 Å². The van der Waals surface area contributed by atoms with Crippen LogP contribution < -0.4 is 0 Å². The lowest BCUT2D eigenvalue weighted by molar-refractivity contribution is 0.872. The molecule has 0 N–H and O–H groups in total. The summed E-state index contributed by atoms with van der Waals surface area (Å²) in [6.07, 6.45) is 6.70. The van der Waals surface area contributed by atoms with Crippen LogP contribution in [0.15, 0.2) is 28.4 Å². The van der Waals surface area contributed by atoms with Crippen LogP contribution in [0.3, 0.4) is 0 Å². The quantitative estimate of drug-likeness (QED) is 0.540. The predicted molar refractivity (Wildman–Crippen MR) is 47.7 cm³/mol. The Morgan fingerprint density at radius 1 is 1.36 bits per heavy atom. The average Bonchev–Trinajstić information content (AvgIpc) is 2.40. The summed E-state index contributed by atoms with van der Waals surface area (Å²) >= 11 is 0.